The Morgan fingerprint density at radius 1 is 1.26 bits per heavy atom. The number of amides is 1. The van der Waals surface area contributed by atoms with E-state index in [4.69, 9.17) is 4.74 Å². The summed E-state index contributed by atoms with van der Waals surface area (Å²) in [5.74, 6) is 0.540. The number of benzene rings is 1. The van der Waals surface area contributed by atoms with Gasteiger partial charge in [-0.2, -0.15) is 0 Å². The zero-order chi connectivity index (χ0) is 16.7. The van der Waals surface area contributed by atoms with Crippen molar-refractivity contribution in [3.63, 3.8) is 0 Å². The molecule has 0 N–H and O–H groups in total. The molecule has 0 aliphatic heterocycles. The Balaban J connectivity index is 1.86. The van der Waals surface area contributed by atoms with Crippen LogP contribution in [0, 0.1) is 0 Å². The van der Waals surface area contributed by atoms with Crippen LogP contribution in [-0.2, 0) is 9.53 Å². The molecule has 3 heteroatoms. The van der Waals surface area contributed by atoms with Crippen LogP contribution in [0.25, 0.3) is 0 Å². The van der Waals surface area contributed by atoms with Crippen LogP contribution in [0.15, 0.2) is 36.9 Å². The topological polar surface area (TPSA) is 29.5 Å². The summed E-state index contributed by atoms with van der Waals surface area (Å²) in [6, 6.07) is 8.37. The van der Waals surface area contributed by atoms with Gasteiger partial charge in [-0.1, -0.05) is 32.1 Å². The summed E-state index contributed by atoms with van der Waals surface area (Å²) in [4.78, 5) is 13.3. The second-order valence-corrected chi connectivity index (χ2v) is 6.39. The van der Waals surface area contributed by atoms with Crippen molar-refractivity contribution in [2.24, 2.45) is 0 Å². The van der Waals surface area contributed by atoms with E-state index in [1.807, 2.05) is 12.1 Å². The minimum absolute atomic E-state index is 0.0810. The van der Waals surface area contributed by atoms with Crippen molar-refractivity contribution in [3.05, 3.63) is 42.5 Å². The molecule has 0 bridgehead atoms. The van der Waals surface area contributed by atoms with E-state index >= 15 is 0 Å². The maximum absolute atomic E-state index is 11.6. The zero-order valence-electron chi connectivity index (χ0n) is 14.5. The molecule has 0 saturated heterocycles. The summed E-state index contributed by atoms with van der Waals surface area (Å²) in [6.45, 7) is 6.63. The third-order valence-corrected chi connectivity index (χ3v) is 4.78. The lowest BCUT2D eigenvalue weighted by Gasteiger charge is -2.29. The van der Waals surface area contributed by atoms with E-state index in [0.717, 1.165) is 25.1 Å². The molecule has 23 heavy (non-hydrogen) atoms. The molecule has 1 amide bonds. The molecule has 126 valence electrons. The van der Waals surface area contributed by atoms with Crippen molar-refractivity contribution in [3.8, 4) is 0 Å². The largest absolute Gasteiger partial charge is 0.378 e. The highest BCUT2D eigenvalue weighted by atomic mass is 16.5. The average molecular weight is 315 g/mol. The van der Waals surface area contributed by atoms with E-state index in [1.165, 1.54) is 37.3 Å². The number of ether oxygens (including phenoxy) is 1. The third-order valence-electron chi connectivity index (χ3n) is 4.78. The normalized spacial score (nSPS) is 21.0. The number of hydrogen-bond donors (Lipinski definition) is 0. The lowest BCUT2D eigenvalue weighted by molar-refractivity contribution is -0.113. The molecule has 0 spiro atoms. The molecular weight excluding hydrogens is 286 g/mol. The average Bonchev–Trinajstić information content (AvgIpc) is 2.61. The Bertz CT molecular complexity index is 501. The van der Waals surface area contributed by atoms with Gasteiger partial charge in [0.25, 0.3) is 0 Å². The van der Waals surface area contributed by atoms with Crippen molar-refractivity contribution in [1.29, 1.82) is 0 Å². The van der Waals surface area contributed by atoms with Gasteiger partial charge in [0.15, 0.2) is 0 Å². The Hall–Kier alpha value is -1.61. The highest BCUT2D eigenvalue weighted by Gasteiger charge is 2.22. The number of unbranched alkanes of at least 4 members (excludes halogenated alkanes) is 1. The van der Waals surface area contributed by atoms with Crippen molar-refractivity contribution >= 4 is 11.6 Å². The summed E-state index contributed by atoms with van der Waals surface area (Å²) >= 11 is 0. The van der Waals surface area contributed by atoms with Crippen LogP contribution in [0.1, 0.15) is 56.9 Å². The van der Waals surface area contributed by atoms with Gasteiger partial charge in [-0.15, -0.1) is 0 Å². The van der Waals surface area contributed by atoms with Crippen LogP contribution >= 0.6 is 0 Å². The Morgan fingerprint density at radius 2 is 1.91 bits per heavy atom. The molecule has 1 aliphatic carbocycles. The summed E-state index contributed by atoms with van der Waals surface area (Å²) < 4.78 is 5.94. The fourth-order valence-corrected chi connectivity index (χ4v) is 3.19. The minimum atomic E-state index is -0.0810. The molecule has 3 nitrogen and oxygen atoms in total. The molecular formula is C20H29NO2. The van der Waals surface area contributed by atoms with Crippen molar-refractivity contribution in [2.75, 3.05) is 18.6 Å². The summed E-state index contributed by atoms with van der Waals surface area (Å²) in [5, 5.41) is 0. The minimum Gasteiger partial charge on any atom is -0.378 e. The molecule has 1 aliphatic rings. The Labute approximate surface area is 140 Å². The molecule has 0 heterocycles. The fraction of sp³-hybridized carbons (Fsp3) is 0.550. The van der Waals surface area contributed by atoms with Gasteiger partial charge in [0.2, 0.25) is 5.91 Å². The van der Waals surface area contributed by atoms with Crippen LogP contribution in [0.3, 0.4) is 0 Å². The standard InChI is InChI=1S/C20H29NO2/c1-4-6-15-23-19-13-9-17(10-14-19)16-7-11-18(12-8-16)21(3)20(22)5-2/h5,7-8,11-12,17,19H,2,4,6,9-10,13-15H2,1,3H3. The first kappa shape index (κ1) is 17.7. The molecule has 0 unspecified atom stereocenters. The van der Waals surface area contributed by atoms with E-state index in [2.05, 4.69) is 25.6 Å². The first-order valence-electron chi connectivity index (χ1n) is 8.77. The van der Waals surface area contributed by atoms with Gasteiger partial charge in [-0.25, -0.2) is 0 Å². The molecule has 2 rings (SSSR count). The lowest BCUT2D eigenvalue weighted by atomic mass is 9.82. The number of carbonyl (C=O) groups is 1. The SMILES string of the molecule is C=CC(=O)N(C)c1ccc(C2CCC(OCCCC)CC2)cc1. The highest BCUT2D eigenvalue weighted by molar-refractivity contribution is 6.00. The maximum atomic E-state index is 11.6. The molecule has 1 aromatic rings. The van der Waals surface area contributed by atoms with E-state index < -0.39 is 0 Å². The first-order valence-corrected chi connectivity index (χ1v) is 8.77. The number of nitrogens with zero attached hydrogens (tertiary/aromatic N) is 1. The van der Waals surface area contributed by atoms with Gasteiger partial charge in [0.05, 0.1) is 6.10 Å². The molecule has 1 saturated carbocycles. The van der Waals surface area contributed by atoms with Gasteiger partial charge in [-0.05, 0) is 61.8 Å². The number of likely N-dealkylation sites (N-methyl/N-ethyl adjacent to an activating group) is 1. The van der Waals surface area contributed by atoms with Crippen molar-refractivity contribution in [1.82, 2.24) is 0 Å². The monoisotopic (exact) mass is 315 g/mol. The van der Waals surface area contributed by atoms with Gasteiger partial charge < -0.3 is 9.64 Å². The number of anilines is 1. The third kappa shape index (κ3) is 4.93. The van der Waals surface area contributed by atoms with Crippen LogP contribution in [0.4, 0.5) is 5.69 Å². The molecule has 0 atom stereocenters. The smallest absolute Gasteiger partial charge is 0.250 e. The van der Waals surface area contributed by atoms with Crippen LogP contribution in [0.2, 0.25) is 0 Å². The van der Waals surface area contributed by atoms with Gasteiger partial charge in [-0.3, -0.25) is 4.79 Å². The Kier molecular flexibility index (Phi) is 6.85. The summed E-state index contributed by atoms with van der Waals surface area (Å²) in [5.41, 5.74) is 2.29. The first-order chi connectivity index (χ1) is 11.2. The second-order valence-electron chi connectivity index (χ2n) is 6.39. The predicted octanol–water partition coefficient (Wildman–Crippen LogP) is 4.68. The molecule has 0 radical (unpaired) electrons. The zero-order valence-corrected chi connectivity index (χ0v) is 14.5. The van der Waals surface area contributed by atoms with Gasteiger partial charge >= 0.3 is 0 Å². The van der Waals surface area contributed by atoms with E-state index in [9.17, 15) is 4.79 Å². The number of rotatable bonds is 7. The Morgan fingerprint density at radius 3 is 2.48 bits per heavy atom. The van der Waals surface area contributed by atoms with Gasteiger partial charge in [0, 0.05) is 19.3 Å². The van der Waals surface area contributed by atoms with E-state index in [1.54, 1.807) is 11.9 Å². The van der Waals surface area contributed by atoms with Crippen molar-refractivity contribution < 1.29 is 9.53 Å². The van der Waals surface area contributed by atoms with E-state index in [0.29, 0.717) is 12.0 Å². The number of hydrogen-bond acceptors (Lipinski definition) is 2. The number of carbonyl (C=O) groups excluding carboxylic acids is 1. The van der Waals surface area contributed by atoms with Crippen LogP contribution < -0.4 is 4.90 Å². The highest BCUT2D eigenvalue weighted by Crippen LogP contribution is 2.34. The van der Waals surface area contributed by atoms with E-state index in [-0.39, 0.29) is 5.91 Å². The van der Waals surface area contributed by atoms with Crippen LogP contribution in [0.5, 0.6) is 0 Å². The second kappa shape index (κ2) is 8.88. The molecule has 1 aromatic carbocycles. The fourth-order valence-electron chi connectivity index (χ4n) is 3.19. The summed E-state index contributed by atoms with van der Waals surface area (Å²) in [7, 11) is 1.78. The van der Waals surface area contributed by atoms with Crippen molar-refractivity contribution in [2.45, 2.75) is 57.5 Å². The molecule has 1 fully saturated rings. The van der Waals surface area contributed by atoms with Gasteiger partial charge in [0.1, 0.15) is 0 Å². The predicted molar refractivity (Wildman–Crippen MR) is 95.9 cm³/mol. The lowest BCUT2D eigenvalue weighted by Crippen LogP contribution is -2.24. The maximum Gasteiger partial charge on any atom is 0.250 e. The quantitative estimate of drug-likeness (QED) is 0.540. The summed E-state index contributed by atoms with van der Waals surface area (Å²) in [6.07, 6.45) is 8.86. The van der Waals surface area contributed by atoms with Crippen LogP contribution in [-0.4, -0.2) is 25.7 Å². The molecule has 0 aromatic heterocycles.